The molecule has 0 heterocycles. The fourth-order valence-electron chi connectivity index (χ4n) is 3.31. The standard InChI is InChI=1S/C17H27FN2/c1-4-20(15-7-5-14(18)6-8-15)12-13-11-17(2,3)10-9-16(13)19/h5-8,13,16H,4,9-12,19H2,1-3H3. The van der Waals surface area contributed by atoms with Gasteiger partial charge in [-0.1, -0.05) is 13.8 Å². The highest BCUT2D eigenvalue weighted by Crippen LogP contribution is 2.38. The average Bonchev–Trinajstić information content (AvgIpc) is 2.41. The molecule has 2 N–H and O–H groups in total. The summed E-state index contributed by atoms with van der Waals surface area (Å²) in [5.41, 5.74) is 7.80. The van der Waals surface area contributed by atoms with Crippen LogP contribution < -0.4 is 10.6 Å². The Morgan fingerprint density at radius 2 is 1.95 bits per heavy atom. The molecule has 1 aliphatic carbocycles. The lowest BCUT2D eigenvalue weighted by Crippen LogP contribution is -2.45. The number of halogens is 1. The van der Waals surface area contributed by atoms with E-state index in [0.717, 1.165) is 25.2 Å². The van der Waals surface area contributed by atoms with Crippen LogP contribution in [0.1, 0.15) is 40.0 Å². The van der Waals surface area contributed by atoms with Gasteiger partial charge in [-0.05, 0) is 61.8 Å². The van der Waals surface area contributed by atoms with Crippen LogP contribution in [0.25, 0.3) is 0 Å². The first-order valence-corrected chi connectivity index (χ1v) is 7.67. The molecule has 2 unspecified atom stereocenters. The van der Waals surface area contributed by atoms with Crippen LogP contribution in [0.2, 0.25) is 0 Å². The lowest BCUT2D eigenvalue weighted by atomic mass is 9.70. The van der Waals surface area contributed by atoms with Crippen LogP contribution in [0.3, 0.4) is 0 Å². The summed E-state index contributed by atoms with van der Waals surface area (Å²) in [6.07, 6.45) is 3.50. The highest BCUT2D eigenvalue weighted by atomic mass is 19.1. The van der Waals surface area contributed by atoms with E-state index >= 15 is 0 Å². The van der Waals surface area contributed by atoms with Gasteiger partial charge in [0.1, 0.15) is 5.82 Å². The normalized spacial score (nSPS) is 25.4. The van der Waals surface area contributed by atoms with E-state index in [4.69, 9.17) is 5.73 Å². The van der Waals surface area contributed by atoms with Crippen molar-refractivity contribution in [3.8, 4) is 0 Å². The quantitative estimate of drug-likeness (QED) is 0.907. The third kappa shape index (κ3) is 3.72. The highest BCUT2D eigenvalue weighted by Gasteiger charge is 2.33. The Morgan fingerprint density at radius 1 is 1.30 bits per heavy atom. The zero-order chi connectivity index (χ0) is 14.8. The van der Waals surface area contributed by atoms with Gasteiger partial charge in [-0.25, -0.2) is 4.39 Å². The Balaban J connectivity index is 2.07. The second-order valence-electron chi connectivity index (χ2n) is 6.85. The molecule has 0 spiro atoms. The number of rotatable bonds is 4. The smallest absolute Gasteiger partial charge is 0.123 e. The predicted octanol–water partition coefficient (Wildman–Crippen LogP) is 3.81. The van der Waals surface area contributed by atoms with E-state index < -0.39 is 0 Å². The minimum atomic E-state index is -0.180. The molecule has 1 aliphatic rings. The van der Waals surface area contributed by atoms with Crippen molar-refractivity contribution < 1.29 is 4.39 Å². The van der Waals surface area contributed by atoms with E-state index in [1.165, 1.54) is 25.0 Å². The highest BCUT2D eigenvalue weighted by molar-refractivity contribution is 5.46. The van der Waals surface area contributed by atoms with Gasteiger partial charge in [-0.15, -0.1) is 0 Å². The second-order valence-corrected chi connectivity index (χ2v) is 6.85. The zero-order valence-corrected chi connectivity index (χ0v) is 12.9. The molecule has 0 saturated heterocycles. The van der Waals surface area contributed by atoms with Crippen LogP contribution in [-0.2, 0) is 0 Å². The van der Waals surface area contributed by atoms with Crippen molar-refractivity contribution in [3.63, 3.8) is 0 Å². The first-order chi connectivity index (χ1) is 9.41. The molecule has 2 rings (SSSR count). The molecule has 1 aromatic rings. The van der Waals surface area contributed by atoms with Crippen molar-refractivity contribution in [2.45, 2.75) is 46.1 Å². The summed E-state index contributed by atoms with van der Waals surface area (Å²) >= 11 is 0. The maximum atomic E-state index is 13.0. The molecule has 3 heteroatoms. The molecule has 20 heavy (non-hydrogen) atoms. The summed E-state index contributed by atoms with van der Waals surface area (Å²) in [4.78, 5) is 2.31. The largest absolute Gasteiger partial charge is 0.371 e. The van der Waals surface area contributed by atoms with Crippen molar-refractivity contribution >= 4 is 5.69 Å². The third-order valence-electron chi connectivity index (χ3n) is 4.60. The number of anilines is 1. The van der Waals surface area contributed by atoms with Crippen molar-refractivity contribution in [1.29, 1.82) is 0 Å². The van der Waals surface area contributed by atoms with Gasteiger partial charge in [0, 0.05) is 24.8 Å². The molecule has 0 radical (unpaired) electrons. The fourth-order valence-corrected chi connectivity index (χ4v) is 3.31. The van der Waals surface area contributed by atoms with E-state index in [-0.39, 0.29) is 11.9 Å². The van der Waals surface area contributed by atoms with Crippen molar-refractivity contribution in [2.75, 3.05) is 18.0 Å². The molecule has 1 aromatic carbocycles. The van der Waals surface area contributed by atoms with Gasteiger partial charge in [0.25, 0.3) is 0 Å². The third-order valence-corrected chi connectivity index (χ3v) is 4.60. The lowest BCUT2D eigenvalue weighted by Gasteiger charge is -2.41. The summed E-state index contributed by atoms with van der Waals surface area (Å²) in [6.45, 7) is 8.70. The molecule has 0 aromatic heterocycles. The summed E-state index contributed by atoms with van der Waals surface area (Å²) in [7, 11) is 0. The van der Waals surface area contributed by atoms with E-state index in [1.807, 2.05) is 12.1 Å². The van der Waals surface area contributed by atoms with Crippen molar-refractivity contribution in [2.24, 2.45) is 17.1 Å². The minimum absolute atomic E-state index is 0.180. The monoisotopic (exact) mass is 278 g/mol. The van der Waals surface area contributed by atoms with Gasteiger partial charge in [0.2, 0.25) is 0 Å². The number of nitrogens with two attached hydrogens (primary N) is 1. The minimum Gasteiger partial charge on any atom is -0.371 e. The topological polar surface area (TPSA) is 29.3 Å². The Labute approximate surface area is 122 Å². The molecule has 2 nitrogen and oxygen atoms in total. The van der Waals surface area contributed by atoms with E-state index in [0.29, 0.717) is 11.3 Å². The Hall–Kier alpha value is -1.09. The van der Waals surface area contributed by atoms with Crippen LogP contribution in [0.15, 0.2) is 24.3 Å². The van der Waals surface area contributed by atoms with Crippen molar-refractivity contribution in [1.82, 2.24) is 0 Å². The second kappa shape index (κ2) is 6.13. The number of benzene rings is 1. The van der Waals surface area contributed by atoms with E-state index in [2.05, 4.69) is 25.7 Å². The molecule has 0 aliphatic heterocycles. The number of hydrogen-bond acceptors (Lipinski definition) is 2. The molecule has 1 saturated carbocycles. The average molecular weight is 278 g/mol. The number of hydrogen-bond donors (Lipinski definition) is 1. The summed E-state index contributed by atoms with van der Waals surface area (Å²) in [5.74, 6) is 0.337. The van der Waals surface area contributed by atoms with Crippen LogP contribution in [0, 0.1) is 17.2 Å². The lowest BCUT2D eigenvalue weighted by molar-refractivity contribution is 0.160. The molecule has 0 amide bonds. The fraction of sp³-hybridized carbons (Fsp3) is 0.647. The van der Waals surface area contributed by atoms with Crippen LogP contribution >= 0.6 is 0 Å². The van der Waals surface area contributed by atoms with Crippen LogP contribution in [0.5, 0.6) is 0 Å². The Kier molecular flexibility index (Phi) is 4.69. The summed E-state index contributed by atoms with van der Waals surface area (Å²) in [6, 6.07) is 7.07. The first kappa shape index (κ1) is 15.3. The molecule has 2 atom stereocenters. The summed E-state index contributed by atoms with van der Waals surface area (Å²) < 4.78 is 13.0. The predicted molar refractivity (Wildman–Crippen MR) is 83.4 cm³/mol. The molecular weight excluding hydrogens is 251 g/mol. The molecule has 112 valence electrons. The van der Waals surface area contributed by atoms with Gasteiger partial charge in [0.15, 0.2) is 0 Å². The SMILES string of the molecule is CCN(CC1CC(C)(C)CCC1N)c1ccc(F)cc1. The summed E-state index contributed by atoms with van der Waals surface area (Å²) in [5, 5.41) is 0. The van der Waals surface area contributed by atoms with E-state index in [1.54, 1.807) is 0 Å². The van der Waals surface area contributed by atoms with Gasteiger partial charge in [-0.3, -0.25) is 0 Å². The van der Waals surface area contributed by atoms with Crippen molar-refractivity contribution in [3.05, 3.63) is 30.1 Å². The molecular formula is C17H27FN2. The van der Waals surface area contributed by atoms with Crippen LogP contribution in [0.4, 0.5) is 10.1 Å². The molecule has 0 bridgehead atoms. The first-order valence-electron chi connectivity index (χ1n) is 7.67. The van der Waals surface area contributed by atoms with Crippen LogP contribution in [-0.4, -0.2) is 19.1 Å². The Morgan fingerprint density at radius 3 is 2.55 bits per heavy atom. The zero-order valence-electron chi connectivity index (χ0n) is 12.9. The van der Waals surface area contributed by atoms with E-state index in [9.17, 15) is 4.39 Å². The van der Waals surface area contributed by atoms with Gasteiger partial charge < -0.3 is 10.6 Å². The maximum Gasteiger partial charge on any atom is 0.123 e. The van der Waals surface area contributed by atoms with Gasteiger partial charge in [-0.2, -0.15) is 0 Å². The van der Waals surface area contributed by atoms with Gasteiger partial charge >= 0.3 is 0 Å². The maximum absolute atomic E-state index is 13.0. The number of nitrogens with zero attached hydrogens (tertiary/aromatic N) is 1. The Bertz CT molecular complexity index is 427. The van der Waals surface area contributed by atoms with Gasteiger partial charge in [0.05, 0.1) is 0 Å². The molecule has 1 fully saturated rings.